The van der Waals surface area contributed by atoms with E-state index in [1.807, 2.05) is 24.3 Å². The number of anilines is 1. The van der Waals surface area contributed by atoms with Gasteiger partial charge >= 0.3 is 0 Å². The molecule has 1 aromatic rings. The summed E-state index contributed by atoms with van der Waals surface area (Å²) in [6.07, 6.45) is 11.5. The molecule has 2 aliphatic carbocycles. The molecule has 3 aliphatic rings. The van der Waals surface area contributed by atoms with Gasteiger partial charge in [0.05, 0.1) is 0 Å². The van der Waals surface area contributed by atoms with Crippen LogP contribution in [0.3, 0.4) is 0 Å². The highest BCUT2D eigenvalue weighted by atomic mass is 16.2. The monoisotopic (exact) mass is 366 g/mol. The first kappa shape index (κ1) is 18.0. The zero-order valence-corrected chi connectivity index (χ0v) is 15.4. The molecule has 0 spiro atoms. The molecule has 2 N–H and O–H groups in total. The molecule has 0 radical (unpaired) electrons. The molecule has 1 heterocycles. The van der Waals surface area contributed by atoms with E-state index in [9.17, 15) is 14.4 Å². The van der Waals surface area contributed by atoms with Gasteiger partial charge in [-0.05, 0) is 49.3 Å². The van der Waals surface area contributed by atoms with E-state index in [1.165, 1.54) is 37.7 Å². The van der Waals surface area contributed by atoms with Gasteiger partial charge in [0.1, 0.15) is 0 Å². The van der Waals surface area contributed by atoms with Crippen LogP contribution in [0.4, 0.5) is 5.69 Å². The Morgan fingerprint density at radius 2 is 1.67 bits per heavy atom. The van der Waals surface area contributed by atoms with E-state index >= 15 is 0 Å². The summed E-state index contributed by atoms with van der Waals surface area (Å²) in [6, 6.07) is 7.68. The molecule has 2 fully saturated rings. The summed E-state index contributed by atoms with van der Waals surface area (Å²) in [4.78, 5) is 37.7. The Balaban J connectivity index is 1.43. The third kappa shape index (κ3) is 3.68. The van der Waals surface area contributed by atoms with Crippen molar-refractivity contribution < 1.29 is 14.4 Å². The quantitative estimate of drug-likeness (QED) is 0.636. The number of fused-ring (bicyclic) bond motifs is 1. The van der Waals surface area contributed by atoms with Crippen molar-refractivity contribution in [2.75, 3.05) is 5.32 Å². The SMILES string of the molecule is O=C(Nc1ccc(C2CCCCC2)cc1)C1C(=O)NC2CC=CCC2C1=O. The van der Waals surface area contributed by atoms with Crippen molar-refractivity contribution in [1.29, 1.82) is 0 Å². The van der Waals surface area contributed by atoms with Gasteiger partial charge in [-0.15, -0.1) is 0 Å². The van der Waals surface area contributed by atoms with E-state index in [-0.39, 0.29) is 17.7 Å². The summed E-state index contributed by atoms with van der Waals surface area (Å²) in [5.41, 5.74) is 1.93. The summed E-state index contributed by atoms with van der Waals surface area (Å²) in [5, 5.41) is 5.61. The van der Waals surface area contributed by atoms with Gasteiger partial charge in [0.25, 0.3) is 0 Å². The van der Waals surface area contributed by atoms with Crippen LogP contribution in [0.1, 0.15) is 56.4 Å². The Kier molecular flexibility index (Phi) is 5.10. The lowest BCUT2D eigenvalue weighted by Crippen LogP contribution is -2.58. The van der Waals surface area contributed by atoms with E-state index in [4.69, 9.17) is 0 Å². The molecule has 4 rings (SSSR count). The van der Waals surface area contributed by atoms with Gasteiger partial charge < -0.3 is 10.6 Å². The minimum atomic E-state index is -1.25. The number of allylic oxidation sites excluding steroid dienone is 1. The first-order valence-corrected chi connectivity index (χ1v) is 10.0. The van der Waals surface area contributed by atoms with Crippen molar-refractivity contribution in [2.24, 2.45) is 11.8 Å². The fourth-order valence-corrected chi connectivity index (χ4v) is 4.63. The Hall–Kier alpha value is -2.43. The minimum Gasteiger partial charge on any atom is -0.351 e. The van der Waals surface area contributed by atoms with Crippen molar-refractivity contribution in [3.63, 3.8) is 0 Å². The Morgan fingerprint density at radius 1 is 0.963 bits per heavy atom. The molecule has 1 aliphatic heterocycles. The Bertz CT molecular complexity index is 762. The second-order valence-electron chi connectivity index (χ2n) is 7.95. The van der Waals surface area contributed by atoms with E-state index in [2.05, 4.69) is 22.8 Å². The second kappa shape index (κ2) is 7.67. The van der Waals surface area contributed by atoms with Crippen molar-refractivity contribution >= 4 is 23.3 Å². The summed E-state index contributed by atoms with van der Waals surface area (Å²) in [5.74, 6) is -2.22. The minimum absolute atomic E-state index is 0.172. The number of hydrogen-bond acceptors (Lipinski definition) is 3. The van der Waals surface area contributed by atoms with Crippen molar-refractivity contribution in [2.45, 2.75) is 56.9 Å². The molecule has 3 unspecified atom stereocenters. The molecule has 1 aromatic carbocycles. The number of nitrogens with one attached hydrogen (secondary N) is 2. The van der Waals surface area contributed by atoms with Crippen molar-refractivity contribution in [1.82, 2.24) is 5.32 Å². The van der Waals surface area contributed by atoms with Crippen LogP contribution in [0.2, 0.25) is 0 Å². The predicted octanol–water partition coefficient (Wildman–Crippen LogP) is 3.32. The number of rotatable bonds is 3. The van der Waals surface area contributed by atoms with E-state index in [1.54, 1.807) is 0 Å². The number of carbonyl (C=O) groups is 3. The topological polar surface area (TPSA) is 75.3 Å². The van der Waals surface area contributed by atoms with Crippen molar-refractivity contribution in [3.05, 3.63) is 42.0 Å². The standard InChI is InChI=1S/C22H26N2O3/c25-20-17-8-4-5-9-18(17)24-22(27)19(20)21(26)23-16-12-10-15(11-13-16)14-6-2-1-3-7-14/h4-5,10-14,17-19H,1-3,6-9H2,(H,23,26)(H,24,27). The van der Waals surface area contributed by atoms with Gasteiger partial charge in [-0.2, -0.15) is 0 Å². The molecule has 5 heteroatoms. The lowest BCUT2D eigenvalue weighted by molar-refractivity contribution is -0.146. The Labute approximate surface area is 159 Å². The van der Waals surface area contributed by atoms with Crippen LogP contribution in [0.15, 0.2) is 36.4 Å². The summed E-state index contributed by atoms with van der Waals surface area (Å²) < 4.78 is 0. The van der Waals surface area contributed by atoms with Gasteiger partial charge in [-0.1, -0.05) is 43.5 Å². The zero-order chi connectivity index (χ0) is 18.8. The molecule has 0 aromatic heterocycles. The third-order valence-electron chi connectivity index (χ3n) is 6.19. The van der Waals surface area contributed by atoms with Gasteiger partial charge in [0, 0.05) is 17.6 Å². The maximum atomic E-state index is 12.7. The summed E-state index contributed by atoms with van der Waals surface area (Å²) in [6.45, 7) is 0. The van der Waals surface area contributed by atoms with Crippen LogP contribution in [0, 0.1) is 11.8 Å². The van der Waals surface area contributed by atoms with Crippen LogP contribution < -0.4 is 10.6 Å². The van der Waals surface area contributed by atoms with Crippen LogP contribution in [-0.2, 0) is 14.4 Å². The van der Waals surface area contributed by atoms with Crippen LogP contribution in [-0.4, -0.2) is 23.6 Å². The fraction of sp³-hybridized carbons (Fsp3) is 0.500. The molecule has 27 heavy (non-hydrogen) atoms. The number of amides is 2. The second-order valence-corrected chi connectivity index (χ2v) is 7.95. The first-order chi connectivity index (χ1) is 13.1. The van der Waals surface area contributed by atoms with Gasteiger partial charge in [0.2, 0.25) is 11.8 Å². The molecule has 1 saturated heterocycles. The molecule has 1 saturated carbocycles. The van der Waals surface area contributed by atoms with Gasteiger partial charge in [0.15, 0.2) is 11.7 Å². The van der Waals surface area contributed by atoms with Crippen LogP contribution >= 0.6 is 0 Å². The molecular formula is C22H26N2O3. The lowest BCUT2D eigenvalue weighted by Gasteiger charge is -2.35. The lowest BCUT2D eigenvalue weighted by atomic mass is 9.77. The highest BCUT2D eigenvalue weighted by molar-refractivity contribution is 6.23. The summed E-state index contributed by atoms with van der Waals surface area (Å²) in [7, 11) is 0. The van der Waals surface area contributed by atoms with E-state index in [0.29, 0.717) is 24.4 Å². The average molecular weight is 366 g/mol. The number of piperidine rings is 1. The number of carbonyl (C=O) groups excluding carboxylic acids is 3. The zero-order valence-electron chi connectivity index (χ0n) is 15.4. The molecule has 2 amide bonds. The highest BCUT2D eigenvalue weighted by Crippen LogP contribution is 2.33. The molecule has 5 nitrogen and oxygen atoms in total. The normalized spacial score (nSPS) is 28.4. The molecule has 142 valence electrons. The van der Waals surface area contributed by atoms with Crippen LogP contribution in [0.25, 0.3) is 0 Å². The smallest absolute Gasteiger partial charge is 0.244 e. The number of ketones is 1. The third-order valence-corrected chi connectivity index (χ3v) is 6.19. The molecule has 0 bridgehead atoms. The summed E-state index contributed by atoms with van der Waals surface area (Å²) >= 11 is 0. The number of benzene rings is 1. The molecular weight excluding hydrogens is 340 g/mol. The fourth-order valence-electron chi connectivity index (χ4n) is 4.63. The maximum Gasteiger partial charge on any atom is 0.244 e. The predicted molar refractivity (Wildman–Crippen MR) is 103 cm³/mol. The van der Waals surface area contributed by atoms with Crippen molar-refractivity contribution in [3.8, 4) is 0 Å². The highest BCUT2D eigenvalue weighted by Gasteiger charge is 2.46. The first-order valence-electron chi connectivity index (χ1n) is 10.0. The van der Waals surface area contributed by atoms with E-state index < -0.39 is 17.7 Å². The van der Waals surface area contributed by atoms with Gasteiger partial charge in [-0.3, -0.25) is 14.4 Å². The largest absolute Gasteiger partial charge is 0.351 e. The molecule has 3 atom stereocenters. The Morgan fingerprint density at radius 3 is 2.41 bits per heavy atom. The van der Waals surface area contributed by atoms with E-state index in [0.717, 1.165) is 0 Å². The average Bonchev–Trinajstić information content (AvgIpc) is 2.69. The van der Waals surface area contributed by atoms with Gasteiger partial charge in [-0.25, -0.2) is 0 Å². The number of Topliss-reactive ketones (excluding diaryl/α,β-unsaturated/α-hetero) is 1. The van der Waals surface area contributed by atoms with Crippen LogP contribution in [0.5, 0.6) is 0 Å². The number of hydrogen-bond donors (Lipinski definition) is 2. The maximum absolute atomic E-state index is 12.7.